The summed E-state index contributed by atoms with van der Waals surface area (Å²) >= 11 is 0. The van der Waals surface area contributed by atoms with Crippen LogP contribution < -0.4 is 11.1 Å². The monoisotopic (exact) mass is 395 g/mol. The van der Waals surface area contributed by atoms with Gasteiger partial charge in [0.05, 0.1) is 10.8 Å². The van der Waals surface area contributed by atoms with Gasteiger partial charge < -0.3 is 10.2 Å². The van der Waals surface area contributed by atoms with Crippen LogP contribution in [0.1, 0.15) is 12.0 Å². The van der Waals surface area contributed by atoms with Crippen molar-refractivity contribution in [1.82, 2.24) is 4.98 Å². The summed E-state index contributed by atoms with van der Waals surface area (Å²) in [5.41, 5.74) is 8.18. The molecule has 0 unspecified atom stereocenters. The summed E-state index contributed by atoms with van der Waals surface area (Å²) in [5.74, 6) is 0.541. The molecule has 2 aromatic carbocycles. The summed E-state index contributed by atoms with van der Waals surface area (Å²) < 4.78 is 18.1. The van der Waals surface area contributed by atoms with E-state index in [0.717, 1.165) is 50.8 Å². The van der Waals surface area contributed by atoms with E-state index >= 15 is 0 Å². The lowest BCUT2D eigenvalue weighted by Crippen LogP contribution is -2.11. The molecule has 0 saturated heterocycles. The van der Waals surface area contributed by atoms with Crippen molar-refractivity contribution >= 4 is 60.9 Å². The highest BCUT2D eigenvalue weighted by Crippen LogP contribution is 2.42. The first-order valence-corrected chi connectivity index (χ1v) is 10.0. The Labute approximate surface area is 171 Å². The zero-order chi connectivity index (χ0) is 20.2. The zero-order valence-corrected chi connectivity index (χ0v) is 16.4. The van der Waals surface area contributed by atoms with Gasteiger partial charge in [0.1, 0.15) is 11.0 Å². The quantitative estimate of drug-likeness (QED) is 0.209. The van der Waals surface area contributed by atoms with Crippen molar-refractivity contribution in [2.24, 2.45) is 5.73 Å². The number of aryl methyl sites for hydroxylation is 1. The maximum absolute atomic E-state index is 6.19. The average molecular weight is 395 g/mol. The number of pyridine rings is 1. The molecule has 2 N–H and O–H groups in total. The Morgan fingerprint density at radius 3 is 2.63 bits per heavy atom. The summed E-state index contributed by atoms with van der Waals surface area (Å²) in [6.07, 6.45) is 7.57. The van der Waals surface area contributed by atoms with E-state index in [-0.39, 0.29) is 0 Å². The first kappa shape index (κ1) is 17.2. The van der Waals surface area contributed by atoms with Crippen LogP contribution in [-0.4, -0.2) is 12.0 Å². The third-order valence-corrected chi connectivity index (χ3v) is 5.84. The molecule has 1 aliphatic carbocycles. The fraction of sp³-hybridized carbons (Fsp3) is 0.120. The molecule has 5 nitrogen and oxygen atoms in total. The van der Waals surface area contributed by atoms with Crippen LogP contribution in [0.4, 0.5) is 0 Å². The van der Waals surface area contributed by atoms with E-state index in [9.17, 15) is 0 Å². The normalized spacial score (nSPS) is 13.0. The minimum atomic E-state index is 0.541. The molecule has 0 spiro atoms. The Bertz CT molecular complexity index is 1680. The second-order valence-corrected chi connectivity index (χ2v) is 7.26. The number of nitrogens with zero attached hydrogens (tertiary/aromatic N) is 1. The van der Waals surface area contributed by atoms with Crippen molar-refractivity contribution in [3.8, 4) is 0 Å². The second-order valence-electron chi connectivity index (χ2n) is 7.26. The van der Waals surface area contributed by atoms with Crippen LogP contribution in [0.2, 0.25) is 0 Å². The Morgan fingerprint density at radius 1 is 0.867 bits per heavy atom. The van der Waals surface area contributed by atoms with Gasteiger partial charge in [-0.05, 0) is 55.1 Å². The van der Waals surface area contributed by atoms with Gasteiger partial charge >= 0.3 is 5.78 Å². The topological polar surface area (TPSA) is 76.5 Å². The molecular weight excluding hydrogens is 376 g/mol. The fourth-order valence-corrected chi connectivity index (χ4v) is 4.76. The summed E-state index contributed by atoms with van der Waals surface area (Å²) in [7, 11) is 1.50. The molecule has 0 saturated carbocycles. The van der Waals surface area contributed by atoms with E-state index in [1.165, 1.54) is 23.4 Å². The summed E-state index contributed by atoms with van der Waals surface area (Å²) in [5, 5.41) is 7.80. The molecule has 0 fully saturated rings. The van der Waals surface area contributed by atoms with Crippen molar-refractivity contribution in [3.05, 3.63) is 65.9 Å². The van der Waals surface area contributed by atoms with Crippen LogP contribution in [0.25, 0.3) is 60.9 Å². The smallest absolute Gasteiger partial charge is 0.438 e. The molecule has 7 rings (SSSR count). The Hall–Kier alpha value is -3.70. The predicted molar refractivity (Wildman–Crippen MR) is 120 cm³/mol. The van der Waals surface area contributed by atoms with Crippen molar-refractivity contribution < 1.29 is 13.3 Å². The molecule has 1 aliphatic rings. The fourth-order valence-electron chi connectivity index (χ4n) is 4.76. The number of nitrogens with two attached hydrogens (primary N) is 1. The Balaban J connectivity index is 0.000000852. The van der Waals surface area contributed by atoms with Crippen LogP contribution in [-0.2, 0) is 6.42 Å². The number of aromatic nitrogens is 1. The minimum Gasteiger partial charge on any atom is -0.438 e. The molecule has 0 atom stereocenters. The number of para-hydroxylation sites is 1. The van der Waals surface area contributed by atoms with Gasteiger partial charge in [-0.3, -0.25) is 8.83 Å². The van der Waals surface area contributed by atoms with E-state index in [1.54, 1.807) is 6.26 Å². The highest BCUT2D eigenvalue weighted by atomic mass is 16.5. The summed E-state index contributed by atoms with van der Waals surface area (Å²) in [4.78, 5) is 4.56. The maximum atomic E-state index is 6.19. The molecule has 4 heterocycles. The van der Waals surface area contributed by atoms with Crippen molar-refractivity contribution in [2.75, 3.05) is 7.05 Å². The van der Waals surface area contributed by atoms with Gasteiger partial charge in [0.15, 0.2) is 0 Å². The number of benzene rings is 2. The van der Waals surface area contributed by atoms with Gasteiger partial charge in [-0.15, -0.1) is 0 Å². The summed E-state index contributed by atoms with van der Waals surface area (Å²) in [6.45, 7) is 0. The summed E-state index contributed by atoms with van der Waals surface area (Å²) in [6, 6.07) is 14.2. The molecule has 0 aliphatic heterocycles. The average Bonchev–Trinajstić information content (AvgIpc) is 2.82. The number of rotatable bonds is 0. The van der Waals surface area contributed by atoms with Crippen LogP contribution in [0.3, 0.4) is 0 Å². The molecule has 146 valence electrons. The molecular formula is C25H19N2O3+. The predicted octanol–water partition coefficient (Wildman–Crippen LogP) is 5.49. The van der Waals surface area contributed by atoms with Gasteiger partial charge in [0, 0.05) is 28.4 Å². The van der Waals surface area contributed by atoms with E-state index in [2.05, 4.69) is 35.0 Å². The number of hydrogen-bond acceptors (Lipinski definition) is 4. The van der Waals surface area contributed by atoms with E-state index in [0.29, 0.717) is 11.5 Å². The lowest BCUT2D eigenvalue weighted by molar-refractivity contribution is 0.447. The lowest BCUT2D eigenvalue weighted by atomic mass is 9.88. The SMILES string of the molecule is C1=c2oc3[o+]cccc3c3c2c(c2ccnc4oc5ccccc5c3c42)CC1.CN. The van der Waals surface area contributed by atoms with Crippen molar-refractivity contribution in [3.63, 3.8) is 0 Å². The van der Waals surface area contributed by atoms with Crippen LogP contribution in [0.5, 0.6) is 0 Å². The van der Waals surface area contributed by atoms with Crippen LogP contribution in [0.15, 0.2) is 68.2 Å². The molecule has 5 heteroatoms. The van der Waals surface area contributed by atoms with Gasteiger partial charge in [-0.2, -0.15) is 0 Å². The second kappa shape index (κ2) is 6.40. The molecule has 30 heavy (non-hydrogen) atoms. The first-order chi connectivity index (χ1) is 14.9. The van der Waals surface area contributed by atoms with Gasteiger partial charge in [-0.25, -0.2) is 4.98 Å². The molecule has 0 amide bonds. The zero-order valence-electron chi connectivity index (χ0n) is 16.4. The lowest BCUT2D eigenvalue weighted by Gasteiger charge is -2.17. The van der Waals surface area contributed by atoms with Crippen molar-refractivity contribution in [1.29, 1.82) is 0 Å². The van der Waals surface area contributed by atoms with Gasteiger partial charge in [0.25, 0.3) is 5.42 Å². The molecule has 0 radical (unpaired) electrons. The van der Waals surface area contributed by atoms with Crippen LogP contribution >= 0.6 is 0 Å². The highest BCUT2D eigenvalue weighted by Gasteiger charge is 2.26. The van der Waals surface area contributed by atoms with Crippen LogP contribution in [0, 0.1) is 0 Å². The van der Waals surface area contributed by atoms with Crippen molar-refractivity contribution in [2.45, 2.75) is 12.8 Å². The molecule has 4 aromatic heterocycles. The van der Waals surface area contributed by atoms with E-state index < -0.39 is 0 Å². The largest absolute Gasteiger partial charge is 0.532 e. The Morgan fingerprint density at radius 2 is 1.70 bits per heavy atom. The third kappa shape index (κ3) is 2.15. The van der Waals surface area contributed by atoms with Gasteiger partial charge in [-0.1, -0.05) is 18.2 Å². The molecule has 0 bridgehead atoms. The van der Waals surface area contributed by atoms with Gasteiger partial charge in [0.2, 0.25) is 12.0 Å². The minimum absolute atomic E-state index is 0.541. The first-order valence-electron chi connectivity index (χ1n) is 10.0. The molecule has 6 aromatic rings. The number of fused-ring (bicyclic) bond motifs is 6. The number of hydrogen-bond donors (Lipinski definition) is 1. The standard InChI is InChI=1S/C24H14NO3.CH5N/c1-2-8-17-15(5-1)20-21-16-7-4-12-26-24(16)28-18-9-3-6-13(19(18)21)14-10-11-25-23(27-17)22(14)20;1-2/h1-2,4-5,7-12H,3,6H2;2H2,1H3/q+1;. The Kier molecular flexibility index (Phi) is 3.67. The maximum Gasteiger partial charge on any atom is 0.532 e. The highest BCUT2D eigenvalue weighted by molar-refractivity contribution is 6.33. The van der Waals surface area contributed by atoms with E-state index in [1.807, 2.05) is 30.5 Å². The third-order valence-electron chi connectivity index (χ3n) is 5.84. The van der Waals surface area contributed by atoms with E-state index in [4.69, 9.17) is 13.3 Å².